The molecule has 0 radical (unpaired) electrons. The van der Waals surface area contributed by atoms with Crippen LogP contribution in [0, 0.1) is 5.92 Å². The summed E-state index contributed by atoms with van der Waals surface area (Å²) in [6.07, 6.45) is 10.6. The largest absolute Gasteiger partial charge is 0.295 e. The van der Waals surface area contributed by atoms with E-state index in [-0.39, 0.29) is 5.78 Å². The third kappa shape index (κ3) is 4.18. The molecular weight excluding hydrogens is 208 g/mol. The van der Waals surface area contributed by atoms with Crippen molar-refractivity contribution >= 4 is 5.78 Å². The Kier molecular flexibility index (Phi) is 4.54. The summed E-state index contributed by atoms with van der Waals surface area (Å²) in [6.45, 7) is 0. The standard InChI is InChI=1S/C16H20O/c17-16(13-11-15-8-4-5-9-15)12-10-14-6-2-1-3-7-14/h1-3,6-7,11,13,15H,4-5,8-10,12H2. The highest BCUT2D eigenvalue weighted by Crippen LogP contribution is 2.25. The van der Waals surface area contributed by atoms with Crippen molar-refractivity contribution in [2.75, 3.05) is 0 Å². The Morgan fingerprint density at radius 1 is 1.18 bits per heavy atom. The van der Waals surface area contributed by atoms with Gasteiger partial charge in [-0.2, -0.15) is 0 Å². The molecule has 1 aliphatic carbocycles. The zero-order chi connectivity index (χ0) is 11.9. The molecular formula is C16H20O. The molecule has 2 rings (SSSR count). The summed E-state index contributed by atoms with van der Waals surface area (Å²) < 4.78 is 0. The van der Waals surface area contributed by atoms with Crippen LogP contribution in [0.15, 0.2) is 42.5 Å². The molecule has 90 valence electrons. The van der Waals surface area contributed by atoms with Crippen molar-refractivity contribution in [2.24, 2.45) is 5.92 Å². The van der Waals surface area contributed by atoms with Gasteiger partial charge in [-0.1, -0.05) is 49.2 Å². The normalized spacial score (nSPS) is 16.7. The predicted octanol–water partition coefficient (Wildman–Crippen LogP) is 3.93. The Morgan fingerprint density at radius 3 is 2.59 bits per heavy atom. The van der Waals surface area contributed by atoms with Crippen LogP contribution in [0.1, 0.15) is 37.7 Å². The maximum absolute atomic E-state index is 11.7. The van der Waals surface area contributed by atoms with Gasteiger partial charge in [0.05, 0.1) is 0 Å². The van der Waals surface area contributed by atoms with Crippen molar-refractivity contribution in [1.29, 1.82) is 0 Å². The first-order valence-electron chi connectivity index (χ1n) is 6.59. The quantitative estimate of drug-likeness (QED) is 0.698. The second-order valence-electron chi connectivity index (χ2n) is 4.86. The summed E-state index contributed by atoms with van der Waals surface area (Å²) in [6, 6.07) is 10.2. The third-order valence-electron chi connectivity index (χ3n) is 3.46. The van der Waals surface area contributed by atoms with Gasteiger partial charge in [0, 0.05) is 6.42 Å². The van der Waals surface area contributed by atoms with E-state index in [4.69, 9.17) is 0 Å². The fraction of sp³-hybridized carbons (Fsp3) is 0.438. The Labute approximate surface area is 104 Å². The van der Waals surface area contributed by atoms with Crippen LogP contribution >= 0.6 is 0 Å². The molecule has 0 amide bonds. The molecule has 1 fully saturated rings. The molecule has 1 nitrogen and oxygen atoms in total. The number of ketones is 1. The third-order valence-corrected chi connectivity index (χ3v) is 3.46. The van der Waals surface area contributed by atoms with Gasteiger partial charge in [0.25, 0.3) is 0 Å². The van der Waals surface area contributed by atoms with Gasteiger partial charge in [-0.25, -0.2) is 0 Å². The van der Waals surface area contributed by atoms with Crippen LogP contribution in [-0.2, 0) is 11.2 Å². The Morgan fingerprint density at radius 2 is 1.88 bits per heavy atom. The summed E-state index contributed by atoms with van der Waals surface area (Å²) >= 11 is 0. The molecule has 0 aromatic heterocycles. The fourth-order valence-corrected chi connectivity index (χ4v) is 2.39. The number of carbonyl (C=O) groups is 1. The molecule has 0 unspecified atom stereocenters. The lowest BCUT2D eigenvalue weighted by Crippen LogP contribution is -1.97. The fourth-order valence-electron chi connectivity index (χ4n) is 2.39. The highest BCUT2D eigenvalue weighted by molar-refractivity contribution is 5.89. The minimum atomic E-state index is 0.265. The predicted molar refractivity (Wildman–Crippen MR) is 70.9 cm³/mol. The van der Waals surface area contributed by atoms with E-state index in [0.29, 0.717) is 12.3 Å². The Hall–Kier alpha value is -1.37. The zero-order valence-corrected chi connectivity index (χ0v) is 10.3. The first-order valence-corrected chi connectivity index (χ1v) is 6.59. The average molecular weight is 228 g/mol. The number of allylic oxidation sites excluding steroid dienone is 2. The van der Waals surface area contributed by atoms with Crippen LogP contribution in [0.4, 0.5) is 0 Å². The monoisotopic (exact) mass is 228 g/mol. The lowest BCUT2D eigenvalue weighted by atomic mass is 10.0. The minimum absolute atomic E-state index is 0.265. The first-order chi connectivity index (χ1) is 8.34. The first kappa shape index (κ1) is 12.1. The van der Waals surface area contributed by atoms with Crippen molar-refractivity contribution in [3.63, 3.8) is 0 Å². The van der Waals surface area contributed by atoms with E-state index in [1.165, 1.54) is 31.2 Å². The topological polar surface area (TPSA) is 17.1 Å². The molecule has 0 spiro atoms. The molecule has 0 N–H and O–H groups in total. The van der Waals surface area contributed by atoms with Gasteiger partial charge in [-0.3, -0.25) is 4.79 Å². The van der Waals surface area contributed by atoms with Gasteiger partial charge in [0.15, 0.2) is 5.78 Å². The second kappa shape index (κ2) is 6.39. The molecule has 1 saturated carbocycles. The maximum Gasteiger partial charge on any atom is 0.155 e. The lowest BCUT2D eigenvalue weighted by molar-refractivity contribution is -0.114. The van der Waals surface area contributed by atoms with Crippen LogP contribution in [0.25, 0.3) is 0 Å². The smallest absolute Gasteiger partial charge is 0.155 e. The van der Waals surface area contributed by atoms with Crippen molar-refractivity contribution in [3.8, 4) is 0 Å². The summed E-state index contributed by atoms with van der Waals surface area (Å²) in [5.74, 6) is 0.927. The number of aryl methyl sites for hydroxylation is 1. The van der Waals surface area contributed by atoms with Crippen LogP contribution in [0.3, 0.4) is 0 Å². The van der Waals surface area contributed by atoms with Gasteiger partial charge in [-0.05, 0) is 36.8 Å². The van der Waals surface area contributed by atoms with Crippen LogP contribution in [0.5, 0.6) is 0 Å². The zero-order valence-electron chi connectivity index (χ0n) is 10.3. The minimum Gasteiger partial charge on any atom is -0.295 e. The summed E-state index contributed by atoms with van der Waals surface area (Å²) in [7, 11) is 0. The van der Waals surface area contributed by atoms with Gasteiger partial charge in [0.1, 0.15) is 0 Å². The van der Waals surface area contributed by atoms with E-state index >= 15 is 0 Å². The molecule has 1 aliphatic rings. The van der Waals surface area contributed by atoms with Crippen LogP contribution in [0.2, 0.25) is 0 Å². The molecule has 0 bridgehead atoms. The highest BCUT2D eigenvalue weighted by Gasteiger charge is 2.11. The molecule has 0 heterocycles. The molecule has 1 aromatic carbocycles. The van der Waals surface area contributed by atoms with Crippen molar-refractivity contribution in [1.82, 2.24) is 0 Å². The SMILES string of the molecule is O=C(C=CC1CCCC1)CCc1ccccc1. The van der Waals surface area contributed by atoms with E-state index in [1.54, 1.807) is 6.08 Å². The van der Waals surface area contributed by atoms with E-state index in [1.807, 2.05) is 18.2 Å². The number of hydrogen-bond donors (Lipinski definition) is 0. The number of carbonyl (C=O) groups excluding carboxylic acids is 1. The molecule has 17 heavy (non-hydrogen) atoms. The van der Waals surface area contributed by atoms with E-state index in [0.717, 1.165) is 6.42 Å². The molecule has 0 atom stereocenters. The van der Waals surface area contributed by atoms with Gasteiger partial charge in [-0.15, -0.1) is 0 Å². The highest BCUT2D eigenvalue weighted by atomic mass is 16.1. The van der Waals surface area contributed by atoms with Crippen molar-refractivity contribution in [3.05, 3.63) is 48.0 Å². The van der Waals surface area contributed by atoms with Gasteiger partial charge in [0.2, 0.25) is 0 Å². The number of benzene rings is 1. The Bertz CT molecular complexity index is 372. The summed E-state index contributed by atoms with van der Waals surface area (Å²) in [5.41, 5.74) is 1.25. The summed E-state index contributed by atoms with van der Waals surface area (Å²) in [5, 5.41) is 0. The van der Waals surface area contributed by atoms with Crippen molar-refractivity contribution in [2.45, 2.75) is 38.5 Å². The summed E-state index contributed by atoms with van der Waals surface area (Å²) in [4.78, 5) is 11.7. The maximum atomic E-state index is 11.7. The van der Waals surface area contributed by atoms with Crippen LogP contribution in [-0.4, -0.2) is 5.78 Å². The molecule has 1 aromatic rings. The molecule has 0 aliphatic heterocycles. The van der Waals surface area contributed by atoms with Crippen molar-refractivity contribution < 1.29 is 4.79 Å². The van der Waals surface area contributed by atoms with E-state index < -0.39 is 0 Å². The van der Waals surface area contributed by atoms with E-state index in [9.17, 15) is 4.79 Å². The van der Waals surface area contributed by atoms with Crippen LogP contribution < -0.4 is 0 Å². The molecule has 0 saturated heterocycles. The van der Waals surface area contributed by atoms with Gasteiger partial charge >= 0.3 is 0 Å². The lowest BCUT2D eigenvalue weighted by Gasteiger charge is -2.00. The average Bonchev–Trinajstić information content (AvgIpc) is 2.88. The second-order valence-corrected chi connectivity index (χ2v) is 4.86. The number of rotatable bonds is 5. The number of hydrogen-bond acceptors (Lipinski definition) is 1. The Balaban J connectivity index is 1.74. The van der Waals surface area contributed by atoms with Gasteiger partial charge < -0.3 is 0 Å². The molecule has 1 heteroatoms. The van der Waals surface area contributed by atoms with E-state index in [2.05, 4.69) is 18.2 Å².